The van der Waals surface area contributed by atoms with E-state index in [4.69, 9.17) is 5.41 Å². The summed E-state index contributed by atoms with van der Waals surface area (Å²) in [6, 6.07) is 2.80. The monoisotopic (exact) mass is 427 g/mol. The van der Waals surface area contributed by atoms with Crippen molar-refractivity contribution in [1.82, 2.24) is 4.90 Å². The Bertz CT molecular complexity index is 1060. The smallest absolute Gasteiger partial charge is 0.320 e. The van der Waals surface area contributed by atoms with E-state index < -0.39 is 29.4 Å². The van der Waals surface area contributed by atoms with Gasteiger partial charge in [0.1, 0.15) is 5.71 Å². The molecule has 0 atom stereocenters. The minimum atomic E-state index is -4.96. The number of benzene rings is 2. The van der Waals surface area contributed by atoms with Gasteiger partial charge in [-0.3, -0.25) is 10.2 Å². The highest BCUT2D eigenvalue weighted by molar-refractivity contribution is 6.53. The van der Waals surface area contributed by atoms with E-state index in [0.29, 0.717) is 48.5 Å². The van der Waals surface area contributed by atoms with Crippen molar-refractivity contribution in [2.45, 2.75) is 25.3 Å². The van der Waals surface area contributed by atoms with Crippen molar-refractivity contribution in [3.8, 4) is 11.1 Å². The number of hydrogen-bond acceptors (Lipinski definition) is 3. The van der Waals surface area contributed by atoms with Crippen LogP contribution in [0.15, 0.2) is 24.3 Å². The minimum absolute atomic E-state index is 0.0875. The van der Waals surface area contributed by atoms with Crippen LogP contribution in [0.5, 0.6) is 0 Å². The van der Waals surface area contributed by atoms with Gasteiger partial charge in [-0.05, 0) is 60.0 Å². The van der Waals surface area contributed by atoms with E-state index in [-0.39, 0.29) is 28.5 Å². The van der Waals surface area contributed by atoms with Gasteiger partial charge in [-0.2, -0.15) is 26.3 Å². The van der Waals surface area contributed by atoms with E-state index in [1.165, 1.54) is 6.07 Å². The first kappa shape index (κ1) is 20.4. The molecule has 2 aliphatic rings. The van der Waals surface area contributed by atoms with Crippen molar-refractivity contribution in [2.24, 2.45) is 0 Å². The molecule has 2 heterocycles. The van der Waals surface area contributed by atoms with Crippen LogP contribution in [0, 0.1) is 5.41 Å². The molecule has 2 N–H and O–H groups in total. The number of rotatable bonds is 1. The fourth-order valence-electron chi connectivity index (χ4n) is 3.90. The largest absolute Gasteiger partial charge is 0.416 e. The summed E-state index contributed by atoms with van der Waals surface area (Å²) < 4.78 is 79.9. The summed E-state index contributed by atoms with van der Waals surface area (Å²) >= 11 is 0. The Morgan fingerprint density at radius 2 is 1.53 bits per heavy atom. The SMILES string of the molecule is CN1CCc2c(-c3cc(C(F)(F)F)cc(C(F)(F)F)c3)cc3c(c2C1)NC(=O)C3=N. The van der Waals surface area contributed by atoms with Crippen molar-refractivity contribution in [3.63, 3.8) is 0 Å². The maximum Gasteiger partial charge on any atom is 0.416 e. The lowest BCUT2D eigenvalue weighted by Gasteiger charge is -2.29. The van der Waals surface area contributed by atoms with Gasteiger partial charge in [0.2, 0.25) is 0 Å². The molecule has 0 spiro atoms. The van der Waals surface area contributed by atoms with Gasteiger partial charge in [0.25, 0.3) is 5.91 Å². The van der Waals surface area contributed by atoms with Gasteiger partial charge >= 0.3 is 12.4 Å². The van der Waals surface area contributed by atoms with Crippen LogP contribution in [0.4, 0.5) is 32.0 Å². The normalized spacial score (nSPS) is 17.0. The Labute approximate surface area is 167 Å². The van der Waals surface area contributed by atoms with Gasteiger partial charge in [0.05, 0.1) is 16.8 Å². The maximum absolute atomic E-state index is 13.3. The van der Waals surface area contributed by atoms with E-state index in [1.807, 2.05) is 11.9 Å². The Balaban J connectivity index is 2.01. The summed E-state index contributed by atoms with van der Waals surface area (Å²) in [5.74, 6) is -0.655. The molecular formula is C20H15F6N3O. The summed E-state index contributed by atoms with van der Waals surface area (Å²) in [5.41, 5.74) is -1.48. The average Bonchev–Trinajstić information content (AvgIpc) is 2.94. The third-order valence-electron chi connectivity index (χ3n) is 5.35. The van der Waals surface area contributed by atoms with Crippen LogP contribution in [0.3, 0.4) is 0 Å². The molecule has 10 heteroatoms. The van der Waals surface area contributed by atoms with E-state index in [0.717, 1.165) is 0 Å². The van der Waals surface area contributed by atoms with Gasteiger partial charge in [0.15, 0.2) is 0 Å². The van der Waals surface area contributed by atoms with Crippen LogP contribution in [0.1, 0.15) is 27.8 Å². The third kappa shape index (κ3) is 3.34. The van der Waals surface area contributed by atoms with Crippen LogP contribution >= 0.6 is 0 Å². The Morgan fingerprint density at radius 1 is 0.933 bits per heavy atom. The molecule has 0 aromatic heterocycles. The molecule has 0 fully saturated rings. The van der Waals surface area contributed by atoms with Crippen LogP contribution < -0.4 is 5.32 Å². The fourth-order valence-corrected chi connectivity index (χ4v) is 3.90. The molecule has 0 unspecified atom stereocenters. The number of carbonyl (C=O) groups excluding carboxylic acids is 1. The third-order valence-corrected chi connectivity index (χ3v) is 5.35. The number of alkyl halides is 6. The number of anilines is 1. The minimum Gasteiger partial charge on any atom is -0.320 e. The summed E-state index contributed by atoms with van der Waals surface area (Å²) in [4.78, 5) is 13.9. The molecule has 0 saturated carbocycles. The topological polar surface area (TPSA) is 56.2 Å². The van der Waals surface area contributed by atoms with Crippen LogP contribution in [0.2, 0.25) is 0 Å². The average molecular weight is 427 g/mol. The number of nitrogens with zero attached hydrogens (tertiary/aromatic N) is 1. The first-order valence-corrected chi connectivity index (χ1v) is 8.93. The van der Waals surface area contributed by atoms with E-state index >= 15 is 0 Å². The van der Waals surface area contributed by atoms with E-state index in [9.17, 15) is 31.1 Å². The van der Waals surface area contributed by atoms with E-state index in [2.05, 4.69) is 5.32 Å². The number of hydrogen-bond donors (Lipinski definition) is 2. The predicted molar refractivity (Wildman–Crippen MR) is 97.4 cm³/mol. The highest BCUT2D eigenvalue weighted by Crippen LogP contribution is 2.43. The standard InChI is InChI=1S/C20H15F6N3O/c1-29-3-2-12-13(7-14-16(27)18(30)28-17(14)15(12)8-29)9-4-10(19(21,22)23)6-11(5-9)20(24,25)26/h4-7H,2-3,8H2,1H3,(H2,27,28,30). The van der Waals surface area contributed by atoms with Gasteiger partial charge in [-0.15, -0.1) is 0 Å². The number of likely N-dealkylation sites (N-methyl/N-ethyl adjacent to an activating group) is 1. The van der Waals surface area contributed by atoms with Gasteiger partial charge in [-0.25, -0.2) is 0 Å². The second kappa shape index (κ2) is 6.56. The van der Waals surface area contributed by atoms with Crippen molar-refractivity contribution < 1.29 is 31.1 Å². The molecule has 0 aliphatic carbocycles. The number of halogens is 6. The highest BCUT2D eigenvalue weighted by Gasteiger charge is 2.38. The molecule has 2 aliphatic heterocycles. The Kier molecular flexibility index (Phi) is 4.46. The first-order chi connectivity index (χ1) is 13.9. The van der Waals surface area contributed by atoms with Crippen molar-refractivity contribution in [2.75, 3.05) is 18.9 Å². The van der Waals surface area contributed by atoms with Crippen LogP contribution in [-0.4, -0.2) is 30.1 Å². The molecule has 30 heavy (non-hydrogen) atoms. The molecule has 2 aromatic rings. The second-order valence-corrected chi connectivity index (χ2v) is 7.42. The molecule has 0 saturated heterocycles. The molecular weight excluding hydrogens is 412 g/mol. The van der Waals surface area contributed by atoms with Gasteiger partial charge < -0.3 is 10.2 Å². The summed E-state index contributed by atoms with van der Waals surface area (Å²) in [6.45, 7) is 0.902. The molecule has 4 rings (SSSR count). The molecule has 158 valence electrons. The Morgan fingerprint density at radius 3 is 2.10 bits per heavy atom. The second-order valence-electron chi connectivity index (χ2n) is 7.42. The number of nitrogens with one attached hydrogen (secondary N) is 2. The van der Waals surface area contributed by atoms with Crippen molar-refractivity contribution in [3.05, 3.63) is 52.1 Å². The van der Waals surface area contributed by atoms with Crippen molar-refractivity contribution >= 4 is 17.3 Å². The highest BCUT2D eigenvalue weighted by atomic mass is 19.4. The zero-order valence-electron chi connectivity index (χ0n) is 15.6. The maximum atomic E-state index is 13.3. The zero-order chi connectivity index (χ0) is 22.0. The molecule has 0 bridgehead atoms. The fraction of sp³-hybridized carbons (Fsp3) is 0.300. The quantitative estimate of drug-likeness (QED) is 0.649. The molecule has 1 amide bonds. The zero-order valence-corrected chi connectivity index (χ0v) is 15.6. The number of amides is 1. The van der Waals surface area contributed by atoms with Gasteiger partial charge in [-0.1, -0.05) is 0 Å². The lowest BCUT2D eigenvalue weighted by Crippen LogP contribution is -2.28. The number of fused-ring (bicyclic) bond motifs is 3. The molecule has 2 aromatic carbocycles. The molecule has 0 radical (unpaired) electrons. The van der Waals surface area contributed by atoms with Gasteiger partial charge in [0, 0.05) is 18.7 Å². The van der Waals surface area contributed by atoms with Crippen LogP contribution in [0.25, 0.3) is 11.1 Å². The summed E-state index contributed by atoms with van der Waals surface area (Å²) in [7, 11) is 1.82. The summed E-state index contributed by atoms with van der Waals surface area (Å²) in [5, 5.41) is 10.6. The first-order valence-electron chi connectivity index (χ1n) is 8.93. The van der Waals surface area contributed by atoms with Crippen LogP contribution in [-0.2, 0) is 30.1 Å². The van der Waals surface area contributed by atoms with Crippen molar-refractivity contribution in [1.29, 1.82) is 5.41 Å². The predicted octanol–water partition coefficient (Wildman–Crippen LogP) is 4.70. The lowest BCUT2D eigenvalue weighted by atomic mass is 9.86. The molecule has 4 nitrogen and oxygen atoms in total. The summed E-state index contributed by atoms with van der Waals surface area (Å²) in [6.07, 6.45) is -9.54. The van der Waals surface area contributed by atoms with E-state index in [1.54, 1.807) is 0 Å². The number of carbonyl (C=O) groups is 1. The Hall–Kier alpha value is -2.88. The lowest BCUT2D eigenvalue weighted by molar-refractivity contribution is -0.143.